The Morgan fingerprint density at radius 3 is 1.53 bits per heavy atom. The highest BCUT2D eigenvalue weighted by Gasteiger charge is 2.22. The fourth-order valence-corrected chi connectivity index (χ4v) is 3.73. The summed E-state index contributed by atoms with van der Waals surface area (Å²) in [6, 6.07) is 15.5. The van der Waals surface area contributed by atoms with Crippen LogP contribution < -0.4 is 9.47 Å². The average molecular weight is 453 g/mol. The van der Waals surface area contributed by atoms with Gasteiger partial charge in [-0.1, -0.05) is 24.3 Å². The van der Waals surface area contributed by atoms with E-state index in [-0.39, 0.29) is 5.78 Å². The predicted molar refractivity (Wildman–Crippen MR) is 129 cm³/mol. The highest BCUT2D eigenvalue weighted by molar-refractivity contribution is 6.15. The largest absolute Gasteiger partial charge is 0.473 e. The van der Waals surface area contributed by atoms with Gasteiger partial charge in [-0.3, -0.25) is 4.79 Å². The van der Waals surface area contributed by atoms with Gasteiger partial charge in [-0.05, 0) is 60.4 Å². The van der Waals surface area contributed by atoms with Crippen LogP contribution in [0.5, 0.6) is 11.5 Å². The number of Topliss-reactive ketones (excluding diaryl/α,β-unsaturated/α-hetero) is 1. The number of hydrogen-bond acceptors (Lipinski definition) is 5. The van der Waals surface area contributed by atoms with Gasteiger partial charge in [0.1, 0.15) is 11.5 Å². The first kappa shape index (κ1) is 21.5. The highest BCUT2D eigenvalue weighted by Crippen LogP contribution is 2.30. The third kappa shape index (κ3) is 5.32. The van der Waals surface area contributed by atoms with Crippen molar-refractivity contribution < 1.29 is 14.3 Å². The molecule has 7 nitrogen and oxygen atoms in total. The number of nitrogens with zero attached hydrogens (tertiary/aromatic N) is 4. The van der Waals surface area contributed by atoms with Gasteiger partial charge >= 0.3 is 0 Å². The Bertz CT molecular complexity index is 1190. The molecule has 4 aromatic rings. The van der Waals surface area contributed by atoms with Gasteiger partial charge in [-0.15, -0.1) is 0 Å². The van der Waals surface area contributed by atoms with Crippen molar-refractivity contribution in [3.05, 3.63) is 108 Å². The second-order valence-corrected chi connectivity index (χ2v) is 8.01. The van der Waals surface area contributed by atoms with Gasteiger partial charge in [-0.2, -0.15) is 0 Å². The molecule has 34 heavy (non-hydrogen) atoms. The lowest BCUT2D eigenvalue weighted by atomic mass is 10.1. The molecule has 0 radical (unpaired) electrons. The molecule has 0 spiro atoms. The van der Waals surface area contributed by atoms with Crippen molar-refractivity contribution in [2.45, 2.75) is 26.3 Å². The van der Waals surface area contributed by atoms with Crippen LogP contribution in [0.3, 0.4) is 0 Å². The maximum Gasteiger partial charge on any atom is 0.185 e. The van der Waals surface area contributed by atoms with Gasteiger partial charge in [-0.25, -0.2) is 9.97 Å². The minimum Gasteiger partial charge on any atom is -0.473 e. The van der Waals surface area contributed by atoms with E-state index in [0.717, 1.165) is 46.6 Å². The molecule has 0 atom stereocenters. The molecule has 1 fully saturated rings. The number of allylic oxidation sites excluding steroid dienone is 2. The Morgan fingerprint density at radius 1 is 0.706 bits per heavy atom. The van der Waals surface area contributed by atoms with Crippen molar-refractivity contribution in [2.24, 2.45) is 0 Å². The number of carbonyl (C=O) groups excluding carboxylic acids is 1. The van der Waals surface area contributed by atoms with Crippen molar-refractivity contribution in [1.82, 2.24) is 19.1 Å². The maximum absolute atomic E-state index is 12.9. The topological polar surface area (TPSA) is 71.2 Å². The molecule has 1 aliphatic carbocycles. The summed E-state index contributed by atoms with van der Waals surface area (Å²) in [6.45, 7) is 0.815. The predicted octanol–water partition coefficient (Wildman–Crippen LogP) is 4.98. The number of hydrogen-bond donors (Lipinski definition) is 0. The van der Waals surface area contributed by atoms with E-state index in [0.29, 0.717) is 13.5 Å². The molecule has 0 amide bonds. The van der Waals surface area contributed by atoms with E-state index in [2.05, 4.69) is 9.97 Å². The van der Waals surface area contributed by atoms with Crippen LogP contribution in [-0.4, -0.2) is 24.9 Å². The Balaban J connectivity index is 1.18. The quantitative estimate of drug-likeness (QED) is 0.353. The summed E-state index contributed by atoms with van der Waals surface area (Å²) in [7, 11) is 0. The molecule has 1 saturated carbocycles. The molecule has 2 heterocycles. The minimum atomic E-state index is 0.112. The van der Waals surface area contributed by atoms with Crippen LogP contribution in [0.2, 0.25) is 0 Å². The van der Waals surface area contributed by atoms with E-state index in [9.17, 15) is 4.79 Å². The second-order valence-electron chi connectivity index (χ2n) is 8.01. The number of rotatable bonds is 8. The summed E-state index contributed by atoms with van der Waals surface area (Å²) in [6.07, 6.45) is 16.0. The van der Waals surface area contributed by atoms with Crippen molar-refractivity contribution in [3.63, 3.8) is 0 Å². The van der Waals surface area contributed by atoms with Crippen LogP contribution >= 0.6 is 0 Å². The first-order valence-electron chi connectivity index (χ1n) is 11.1. The maximum atomic E-state index is 12.9. The van der Waals surface area contributed by atoms with Gasteiger partial charge in [0.25, 0.3) is 0 Å². The van der Waals surface area contributed by atoms with Gasteiger partial charge in [0, 0.05) is 35.9 Å². The van der Waals surface area contributed by atoms with Gasteiger partial charge in [0.2, 0.25) is 0 Å². The Labute approximate surface area is 197 Å². The van der Waals surface area contributed by atoms with Crippen LogP contribution in [0, 0.1) is 0 Å². The van der Waals surface area contributed by atoms with Crippen LogP contribution in [-0.2, 0) is 18.3 Å². The molecule has 7 heteroatoms. The molecular weight excluding hydrogens is 428 g/mol. The summed E-state index contributed by atoms with van der Waals surface area (Å²) in [5.41, 5.74) is 3.63. The molecule has 2 aromatic heterocycles. The van der Waals surface area contributed by atoms with Crippen LogP contribution in [0.15, 0.2) is 97.1 Å². The summed E-state index contributed by atoms with van der Waals surface area (Å²) < 4.78 is 15.2. The van der Waals surface area contributed by atoms with Crippen LogP contribution in [0.1, 0.15) is 24.0 Å². The number of benzene rings is 2. The normalized spacial score (nSPS) is 15.8. The summed E-state index contributed by atoms with van der Waals surface area (Å²) in [5, 5.41) is 0. The van der Waals surface area contributed by atoms with E-state index in [1.54, 1.807) is 25.0 Å². The Kier molecular flexibility index (Phi) is 6.34. The fraction of sp³-hybridized carbons (Fsp3) is 0.148. The third-order valence-corrected chi connectivity index (χ3v) is 5.57. The number of ketones is 1. The second kappa shape index (κ2) is 10.0. The lowest BCUT2D eigenvalue weighted by Crippen LogP contribution is -2.02. The van der Waals surface area contributed by atoms with E-state index in [1.807, 2.05) is 82.2 Å². The lowest BCUT2D eigenvalue weighted by molar-refractivity contribution is -0.111. The molecule has 5 rings (SSSR count). The standard InChI is InChI=1S/C27H24N4O3/c32-27-23(15-21-1-7-25(8-2-21)33-19-30-13-11-28-17-30)5-6-24(27)16-22-3-9-26(10-4-22)34-20-31-14-12-29-18-31/h1-4,7-18H,5-6,19-20H2/b23-15+,24-16+. The zero-order valence-electron chi connectivity index (χ0n) is 18.6. The molecule has 0 saturated heterocycles. The number of carbonyl (C=O) groups is 1. The molecule has 0 aliphatic heterocycles. The summed E-state index contributed by atoms with van der Waals surface area (Å²) >= 11 is 0. The number of aromatic nitrogens is 4. The first-order chi connectivity index (χ1) is 16.7. The van der Waals surface area contributed by atoms with Crippen LogP contribution in [0.25, 0.3) is 12.2 Å². The highest BCUT2D eigenvalue weighted by atomic mass is 16.5. The Morgan fingerprint density at radius 2 is 1.15 bits per heavy atom. The van der Waals surface area contributed by atoms with Crippen molar-refractivity contribution in [3.8, 4) is 11.5 Å². The van der Waals surface area contributed by atoms with E-state index >= 15 is 0 Å². The van der Waals surface area contributed by atoms with Gasteiger partial charge < -0.3 is 18.6 Å². The van der Waals surface area contributed by atoms with E-state index in [1.165, 1.54) is 0 Å². The van der Waals surface area contributed by atoms with Gasteiger partial charge in [0.05, 0.1) is 12.7 Å². The summed E-state index contributed by atoms with van der Waals surface area (Å²) in [4.78, 5) is 20.9. The minimum absolute atomic E-state index is 0.112. The molecular formula is C27H24N4O3. The van der Waals surface area contributed by atoms with Crippen molar-refractivity contribution in [2.75, 3.05) is 0 Å². The van der Waals surface area contributed by atoms with E-state index < -0.39 is 0 Å². The monoisotopic (exact) mass is 452 g/mol. The van der Waals surface area contributed by atoms with Crippen molar-refractivity contribution >= 4 is 17.9 Å². The SMILES string of the molecule is O=C1/C(=C/c2ccc(OCn3ccnc3)cc2)CC/C1=C\c1ccc(OCn2ccnc2)cc1. The molecule has 0 bridgehead atoms. The molecule has 0 N–H and O–H groups in total. The zero-order valence-corrected chi connectivity index (χ0v) is 18.6. The smallest absolute Gasteiger partial charge is 0.185 e. The van der Waals surface area contributed by atoms with Crippen LogP contribution in [0.4, 0.5) is 0 Å². The molecule has 2 aromatic carbocycles. The van der Waals surface area contributed by atoms with E-state index in [4.69, 9.17) is 9.47 Å². The number of imidazole rings is 2. The van der Waals surface area contributed by atoms with Crippen molar-refractivity contribution in [1.29, 1.82) is 0 Å². The average Bonchev–Trinajstić information content (AvgIpc) is 3.64. The van der Waals surface area contributed by atoms with Gasteiger partial charge in [0.15, 0.2) is 19.2 Å². The number of ether oxygens (including phenoxy) is 2. The first-order valence-corrected chi connectivity index (χ1v) is 11.1. The summed E-state index contributed by atoms with van der Waals surface area (Å²) in [5.74, 6) is 1.65. The lowest BCUT2D eigenvalue weighted by Gasteiger charge is -2.07. The third-order valence-electron chi connectivity index (χ3n) is 5.57. The fourth-order valence-electron chi connectivity index (χ4n) is 3.73. The molecule has 170 valence electrons. The molecule has 0 unspecified atom stereocenters. The molecule has 1 aliphatic rings. The zero-order chi connectivity index (χ0) is 23.2. The Hall–Kier alpha value is -4.39.